The lowest BCUT2D eigenvalue weighted by Crippen LogP contribution is -2.15. The molecule has 0 aliphatic carbocycles. The highest BCUT2D eigenvalue weighted by Crippen LogP contribution is 2.24. The highest BCUT2D eigenvalue weighted by molar-refractivity contribution is 9.10. The van der Waals surface area contributed by atoms with E-state index >= 15 is 0 Å². The van der Waals surface area contributed by atoms with Crippen molar-refractivity contribution < 1.29 is 4.74 Å². The molecule has 1 aromatic carbocycles. The van der Waals surface area contributed by atoms with E-state index in [1.807, 2.05) is 19.2 Å². The van der Waals surface area contributed by atoms with Crippen molar-refractivity contribution >= 4 is 15.9 Å². The molecule has 1 heterocycles. The molecule has 0 bridgehead atoms. The minimum absolute atomic E-state index is 0.435. The van der Waals surface area contributed by atoms with Crippen molar-refractivity contribution in [3.05, 3.63) is 52.3 Å². The molecule has 21 heavy (non-hydrogen) atoms. The molecular weight excluding hydrogens is 328 g/mol. The zero-order valence-corrected chi connectivity index (χ0v) is 14.5. The summed E-state index contributed by atoms with van der Waals surface area (Å²) in [6, 6.07) is 8.71. The van der Waals surface area contributed by atoms with Crippen LogP contribution in [0.3, 0.4) is 0 Å². The maximum absolute atomic E-state index is 5.30. The van der Waals surface area contributed by atoms with Gasteiger partial charge in [0.15, 0.2) is 0 Å². The minimum Gasteiger partial charge on any atom is -0.497 e. The van der Waals surface area contributed by atoms with E-state index in [4.69, 9.17) is 4.74 Å². The van der Waals surface area contributed by atoms with Crippen LogP contribution in [0, 0.1) is 0 Å². The van der Waals surface area contributed by atoms with Crippen LogP contribution >= 0.6 is 15.9 Å². The first-order valence-electron chi connectivity index (χ1n) is 7.33. The van der Waals surface area contributed by atoms with Crippen LogP contribution in [0.25, 0.3) is 0 Å². The molecule has 1 unspecified atom stereocenters. The van der Waals surface area contributed by atoms with Gasteiger partial charge in [-0.3, -0.25) is 0 Å². The average Bonchev–Trinajstić information content (AvgIpc) is 2.95. The van der Waals surface area contributed by atoms with Crippen LogP contribution in [0.1, 0.15) is 36.9 Å². The molecule has 0 radical (unpaired) electrons. The molecule has 1 aromatic heterocycles. The van der Waals surface area contributed by atoms with Gasteiger partial charge in [0, 0.05) is 29.5 Å². The number of halogens is 1. The van der Waals surface area contributed by atoms with Gasteiger partial charge in [-0.15, -0.1) is 0 Å². The van der Waals surface area contributed by atoms with Gasteiger partial charge in [-0.25, -0.2) is 0 Å². The van der Waals surface area contributed by atoms with Gasteiger partial charge in [-0.05, 0) is 48.9 Å². The smallest absolute Gasteiger partial charge is 0.119 e. The van der Waals surface area contributed by atoms with Crippen molar-refractivity contribution in [2.75, 3.05) is 14.2 Å². The summed E-state index contributed by atoms with van der Waals surface area (Å²) in [5.74, 6) is 0.889. The van der Waals surface area contributed by atoms with Crippen molar-refractivity contribution in [1.82, 2.24) is 9.88 Å². The van der Waals surface area contributed by atoms with E-state index in [1.54, 1.807) is 7.11 Å². The van der Waals surface area contributed by atoms with E-state index < -0.39 is 0 Å². The molecule has 0 fully saturated rings. The second kappa shape index (κ2) is 7.66. The largest absolute Gasteiger partial charge is 0.497 e. The van der Waals surface area contributed by atoms with Gasteiger partial charge >= 0.3 is 0 Å². The number of ether oxygens (including phenoxy) is 1. The number of methoxy groups -OCH3 is 1. The van der Waals surface area contributed by atoms with Crippen molar-refractivity contribution in [2.24, 2.45) is 0 Å². The zero-order chi connectivity index (χ0) is 15.2. The average molecular weight is 351 g/mol. The first kappa shape index (κ1) is 16.1. The molecule has 0 aliphatic rings. The molecule has 3 nitrogen and oxygen atoms in total. The number of benzene rings is 1. The molecule has 2 aromatic rings. The normalized spacial score (nSPS) is 12.4. The zero-order valence-electron chi connectivity index (χ0n) is 12.9. The Balaban J connectivity index is 2.15. The van der Waals surface area contributed by atoms with E-state index in [9.17, 15) is 0 Å². The molecule has 0 spiro atoms. The summed E-state index contributed by atoms with van der Waals surface area (Å²) in [6.45, 7) is 3.05. The summed E-state index contributed by atoms with van der Waals surface area (Å²) in [5.41, 5.74) is 2.56. The quantitative estimate of drug-likeness (QED) is 0.802. The van der Waals surface area contributed by atoms with Gasteiger partial charge in [0.05, 0.1) is 7.11 Å². The van der Waals surface area contributed by atoms with Gasteiger partial charge < -0.3 is 14.6 Å². The maximum Gasteiger partial charge on any atom is 0.119 e. The fourth-order valence-electron chi connectivity index (χ4n) is 2.53. The Morgan fingerprint density at radius 2 is 2.14 bits per heavy atom. The van der Waals surface area contributed by atoms with E-state index in [0.717, 1.165) is 23.2 Å². The number of aromatic nitrogens is 1. The fourth-order valence-corrected chi connectivity index (χ4v) is 2.90. The molecule has 0 aliphatic heterocycles. The van der Waals surface area contributed by atoms with E-state index in [-0.39, 0.29) is 0 Å². The highest BCUT2D eigenvalue weighted by Gasteiger charge is 2.10. The van der Waals surface area contributed by atoms with Crippen LogP contribution in [0.4, 0.5) is 0 Å². The summed E-state index contributed by atoms with van der Waals surface area (Å²) >= 11 is 3.61. The van der Waals surface area contributed by atoms with Crippen molar-refractivity contribution in [3.8, 4) is 5.75 Å². The maximum atomic E-state index is 5.30. The summed E-state index contributed by atoms with van der Waals surface area (Å²) in [5, 5.41) is 3.38. The summed E-state index contributed by atoms with van der Waals surface area (Å²) in [7, 11) is 3.72. The Hall–Kier alpha value is -1.26. The number of hydrogen-bond donors (Lipinski definition) is 1. The van der Waals surface area contributed by atoms with Crippen molar-refractivity contribution in [2.45, 2.75) is 32.4 Å². The Bertz CT molecular complexity index is 580. The SMILES string of the molecule is CCCC(NC)c1ccn(Cc2cc(OC)ccc2Br)c1. The van der Waals surface area contributed by atoms with Gasteiger partial charge in [-0.1, -0.05) is 29.3 Å². The Morgan fingerprint density at radius 1 is 1.33 bits per heavy atom. The Labute approximate surface area is 135 Å². The number of nitrogens with one attached hydrogen (secondary N) is 1. The van der Waals surface area contributed by atoms with Gasteiger partial charge in [0.1, 0.15) is 5.75 Å². The number of rotatable bonds is 7. The minimum atomic E-state index is 0.435. The Morgan fingerprint density at radius 3 is 2.81 bits per heavy atom. The molecule has 1 N–H and O–H groups in total. The predicted molar refractivity (Wildman–Crippen MR) is 90.9 cm³/mol. The number of nitrogens with zero attached hydrogens (tertiary/aromatic N) is 1. The molecule has 0 saturated heterocycles. The standard InChI is InChI=1S/C17H23BrN2O/c1-4-5-17(19-2)13-8-9-20(11-13)12-14-10-15(21-3)6-7-16(14)18/h6-11,17,19H,4-5,12H2,1-3H3. The van der Waals surface area contributed by atoms with Crippen LogP contribution in [0.2, 0.25) is 0 Å². The highest BCUT2D eigenvalue weighted by atomic mass is 79.9. The van der Waals surface area contributed by atoms with E-state index in [0.29, 0.717) is 6.04 Å². The molecule has 114 valence electrons. The Kier molecular flexibility index (Phi) is 5.88. The fraction of sp³-hybridized carbons (Fsp3) is 0.412. The van der Waals surface area contributed by atoms with Crippen LogP contribution in [-0.2, 0) is 6.54 Å². The second-order valence-electron chi connectivity index (χ2n) is 5.20. The van der Waals surface area contributed by atoms with Crippen LogP contribution in [-0.4, -0.2) is 18.7 Å². The van der Waals surface area contributed by atoms with Crippen molar-refractivity contribution in [3.63, 3.8) is 0 Å². The van der Waals surface area contributed by atoms with Crippen LogP contribution in [0.5, 0.6) is 5.75 Å². The van der Waals surface area contributed by atoms with Gasteiger partial charge in [-0.2, -0.15) is 0 Å². The molecule has 0 amide bonds. The third-order valence-corrected chi connectivity index (χ3v) is 4.48. The molecule has 2 rings (SSSR count). The second-order valence-corrected chi connectivity index (χ2v) is 6.06. The van der Waals surface area contributed by atoms with Crippen molar-refractivity contribution in [1.29, 1.82) is 0 Å². The molecule has 1 atom stereocenters. The lowest BCUT2D eigenvalue weighted by molar-refractivity contribution is 0.414. The van der Waals surface area contributed by atoms with Gasteiger partial charge in [0.2, 0.25) is 0 Å². The first-order chi connectivity index (χ1) is 10.2. The third-order valence-electron chi connectivity index (χ3n) is 3.71. The van der Waals surface area contributed by atoms with E-state index in [1.165, 1.54) is 17.5 Å². The topological polar surface area (TPSA) is 26.2 Å². The monoisotopic (exact) mass is 350 g/mol. The van der Waals surface area contributed by atoms with Gasteiger partial charge in [0.25, 0.3) is 0 Å². The summed E-state index contributed by atoms with van der Waals surface area (Å²) in [4.78, 5) is 0. The lowest BCUT2D eigenvalue weighted by atomic mass is 10.1. The first-order valence-corrected chi connectivity index (χ1v) is 8.12. The summed E-state index contributed by atoms with van der Waals surface area (Å²) in [6.07, 6.45) is 6.70. The summed E-state index contributed by atoms with van der Waals surface area (Å²) < 4.78 is 8.63. The molecule has 4 heteroatoms. The lowest BCUT2D eigenvalue weighted by Gasteiger charge is -2.13. The molecular formula is C17H23BrN2O. The predicted octanol–water partition coefficient (Wildman–Crippen LogP) is 4.37. The third kappa shape index (κ3) is 4.11. The van der Waals surface area contributed by atoms with Crippen LogP contribution in [0.15, 0.2) is 41.1 Å². The molecule has 0 saturated carbocycles. The van der Waals surface area contributed by atoms with Crippen LogP contribution < -0.4 is 10.1 Å². The number of hydrogen-bond acceptors (Lipinski definition) is 2. The van der Waals surface area contributed by atoms with E-state index in [2.05, 4.69) is 57.3 Å².